The average Bonchev–Trinajstić information content (AvgIpc) is 2.58. The van der Waals surface area contributed by atoms with Crippen molar-refractivity contribution in [3.63, 3.8) is 0 Å². The monoisotopic (exact) mass is 197 g/mol. The lowest BCUT2D eigenvalue weighted by atomic mass is 10.3. The molecular formula is C9H11NO2S. The average molecular weight is 197 g/mol. The van der Waals surface area contributed by atoms with Gasteiger partial charge in [0.25, 0.3) is 0 Å². The molecule has 1 aliphatic rings. The summed E-state index contributed by atoms with van der Waals surface area (Å²) in [4.78, 5) is 1.08. The lowest BCUT2D eigenvalue weighted by molar-refractivity contribution is 0.173. The van der Waals surface area contributed by atoms with Gasteiger partial charge in [-0.1, -0.05) is 6.08 Å². The fraction of sp³-hybridized carbons (Fsp3) is 0.333. The van der Waals surface area contributed by atoms with Gasteiger partial charge in [0.05, 0.1) is 4.88 Å². The Bertz CT molecular complexity index is 319. The van der Waals surface area contributed by atoms with Crippen LogP contribution in [-0.4, -0.2) is 19.8 Å². The Labute approximate surface area is 80.8 Å². The van der Waals surface area contributed by atoms with Gasteiger partial charge >= 0.3 is 0 Å². The second-order valence-electron chi connectivity index (χ2n) is 2.63. The van der Waals surface area contributed by atoms with Crippen LogP contribution in [-0.2, 0) is 0 Å². The van der Waals surface area contributed by atoms with Gasteiger partial charge in [-0.25, -0.2) is 0 Å². The molecule has 0 amide bonds. The molecule has 1 aromatic heterocycles. The van der Waals surface area contributed by atoms with Gasteiger partial charge in [-0.3, -0.25) is 0 Å². The summed E-state index contributed by atoms with van der Waals surface area (Å²) >= 11 is 1.61. The zero-order chi connectivity index (χ0) is 9.10. The number of hydrogen-bond acceptors (Lipinski definition) is 4. The molecule has 0 unspecified atom stereocenters. The zero-order valence-electron chi connectivity index (χ0n) is 7.16. The van der Waals surface area contributed by atoms with E-state index in [1.807, 2.05) is 17.5 Å². The molecule has 2 N–H and O–H groups in total. The van der Waals surface area contributed by atoms with E-state index in [0.717, 1.165) is 16.4 Å². The Balaban J connectivity index is 2.26. The zero-order valence-corrected chi connectivity index (χ0v) is 7.97. The smallest absolute Gasteiger partial charge is 0.179 e. The maximum atomic E-state index is 5.48. The molecule has 70 valence electrons. The van der Waals surface area contributed by atoms with Gasteiger partial charge in [0.1, 0.15) is 13.2 Å². The molecule has 0 radical (unpaired) electrons. The van der Waals surface area contributed by atoms with Crippen molar-refractivity contribution in [2.24, 2.45) is 5.73 Å². The van der Waals surface area contributed by atoms with Crippen LogP contribution >= 0.6 is 11.3 Å². The second-order valence-corrected chi connectivity index (χ2v) is 3.54. The summed E-state index contributed by atoms with van der Waals surface area (Å²) in [7, 11) is 0. The number of thiophene rings is 1. The second kappa shape index (κ2) is 3.81. The van der Waals surface area contributed by atoms with E-state index in [-0.39, 0.29) is 0 Å². The maximum Gasteiger partial charge on any atom is 0.179 e. The highest BCUT2D eigenvalue weighted by molar-refractivity contribution is 7.11. The van der Waals surface area contributed by atoms with Crippen LogP contribution < -0.4 is 15.2 Å². The van der Waals surface area contributed by atoms with E-state index in [4.69, 9.17) is 15.2 Å². The third kappa shape index (κ3) is 1.68. The van der Waals surface area contributed by atoms with E-state index in [0.29, 0.717) is 19.8 Å². The molecule has 0 saturated carbocycles. The van der Waals surface area contributed by atoms with Gasteiger partial charge in [0, 0.05) is 11.9 Å². The maximum absolute atomic E-state index is 5.48. The summed E-state index contributed by atoms with van der Waals surface area (Å²) in [5, 5.41) is 1.96. The van der Waals surface area contributed by atoms with Crippen LogP contribution in [0.5, 0.6) is 11.5 Å². The van der Waals surface area contributed by atoms with Crippen LogP contribution in [0.15, 0.2) is 11.5 Å². The van der Waals surface area contributed by atoms with E-state index in [2.05, 4.69) is 0 Å². The quantitative estimate of drug-likeness (QED) is 0.781. The fourth-order valence-corrected chi connectivity index (χ4v) is 2.02. The van der Waals surface area contributed by atoms with Gasteiger partial charge in [0.2, 0.25) is 0 Å². The first-order valence-corrected chi connectivity index (χ1v) is 5.03. The molecule has 0 aromatic carbocycles. The minimum Gasteiger partial charge on any atom is -0.485 e. The van der Waals surface area contributed by atoms with E-state index in [1.165, 1.54) is 0 Å². The molecule has 1 aliphatic heterocycles. The number of hydrogen-bond donors (Lipinski definition) is 1. The minimum absolute atomic E-state index is 0.549. The highest BCUT2D eigenvalue weighted by Gasteiger charge is 2.16. The number of rotatable bonds is 2. The molecule has 4 heteroatoms. The molecule has 0 spiro atoms. The summed E-state index contributed by atoms with van der Waals surface area (Å²) in [6, 6.07) is 0. The van der Waals surface area contributed by atoms with E-state index >= 15 is 0 Å². The summed E-state index contributed by atoms with van der Waals surface area (Å²) in [5.41, 5.74) is 5.37. The molecule has 0 bridgehead atoms. The Kier molecular flexibility index (Phi) is 2.52. The summed E-state index contributed by atoms with van der Waals surface area (Å²) in [5.74, 6) is 1.72. The predicted molar refractivity (Wildman–Crippen MR) is 53.4 cm³/mol. The lowest BCUT2D eigenvalue weighted by Crippen LogP contribution is -2.14. The third-order valence-electron chi connectivity index (χ3n) is 1.73. The predicted octanol–water partition coefficient (Wildman–Crippen LogP) is 1.49. The van der Waals surface area contributed by atoms with Crippen molar-refractivity contribution in [2.75, 3.05) is 19.8 Å². The van der Waals surface area contributed by atoms with Crippen molar-refractivity contribution in [1.82, 2.24) is 0 Å². The highest BCUT2D eigenvalue weighted by Crippen LogP contribution is 2.39. The first-order valence-electron chi connectivity index (χ1n) is 4.15. The van der Waals surface area contributed by atoms with Crippen LogP contribution in [0.3, 0.4) is 0 Å². The molecule has 0 aliphatic carbocycles. The van der Waals surface area contributed by atoms with Gasteiger partial charge in [0.15, 0.2) is 11.5 Å². The Hall–Kier alpha value is -1.00. The number of nitrogens with two attached hydrogens (primary N) is 1. The summed E-state index contributed by atoms with van der Waals surface area (Å²) in [6.45, 7) is 1.82. The topological polar surface area (TPSA) is 44.5 Å². The van der Waals surface area contributed by atoms with Crippen molar-refractivity contribution >= 4 is 17.4 Å². The third-order valence-corrected chi connectivity index (χ3v) is 2.64. The molecule has 0 fully saturated rings. The Morgan fingerprint density at radius 2 is 2.31 bits per heavy atom. The van der Waals surface area contributed by atoms with Crippen LogP contribution in [0.4, 0.5) is 0 Å². The Morgan fingerprint density at radius 3 is 3.15 bits per heavy atom. The molecule has 0 saturated heterocycles. The fourth-order valence-electron chi connectivity index (χ4n) is 1.17. The van der Waals surface area contributed by atoms with Gasteiger partial charge < -0.3 is 15.2 Å². The molecule has 2 rings (SSSR count). The standard InChI is InChI=1S/C9H11NO2S/c10-3-1-2-8-9-7(6-13-8)11-4-5-12-9/h1-2,6H,3-5,10H2. The molecular weight excluding hydrogens is 186 g/mol. The first-order chi connectivity index (χ1) is 6.42. The summed E-state index contributed by atoms with van der Waals surface area (Å²) in [6.07, 6.45) is 3.88. The van der Waals surface area contributed by atoms with Crippen LogP contribution in [0.25, 0.3) is 6.08 Å². The van der Waals surface area contributed by atoms with Crippen molar-refractivity contribution in [3.8, 4) is 11.5 Å². The molecule has 3 nitrogen and oxygen atoms in total. The Morgan fingerprint density at radius 1 is 1.46 bits per heavy atom. The number of fused-ring (bicyclic) bond motifs is 1. The van der Waals surface area contributed by atoms with Gasteiger partial charge in [-0.15, -0.1) is 11.3 Å². The first kappa shape index (κ1) is 8.59. The van der Waals surface area contributed by atoms with Crippen LogP contribution in [0.1, 0.15) is 4.88 Å². The van der Waals surface area contributed by atoms with Gasteiger partial charge in [-0.05, 0) is 6.08 Å². The SMILES string of the molecule is NCC=Cc1scc2c1OCCO2. The molecule has 2 heterocycles. The summed E-state index contributed by atoms with van der Waals surface area (Å²) < 4.78 is 10.9. The van der Waals surface area contributed by atoms with Crippen LogP contribution in [0, 0.1) is 0 Å². The van der Waals surface area contributed by atoms with Crippen molar-refractivity contribution in [1.29, 1.82) is 0 Å². The van der Waals surface area contributed by atoms with Crippen molar-refractivity contribution < 1.29 is 9.47 Å². The van der Waals surface area contributed by atoms with Crippen molar-refractivity contribution in [3.05, 3.63) is 16.3 Å². The van der Waals surface area contributed by atoms with E-state index in [9.17, 15) is 0 Å². The molecule has 13 heavy (non-hydrogen) atoms. The minimum atomic E-state index is 0.549. The molecule has 1 aromatic rings. The lowest BCUT2D eigenvalue weighted by Gasteiger charge is -2.15. The van der Waals surface area contributed by atoms with Crippen LogP contribution in [0.2, 0.25) is 0 Å². The number of ether oxygens (including phenoxy) is 2. The van der Waals surface area contributed by atoms with Crippen molar-refractivity contribution in [2.45, 2.75) is 0 Å². The molecule has 0 atom stereocenters. The van der Waals surface area contributed by atoms with E-state index in [1.54, 1.807) is 11.3 Å². The highest BCUT2D eigenvalue weighted by atomic mass is 32.1. The van der Waals surface area contributed by atoms with E-state index < -0.39 is 0 Å². The van der Waals surface area contributed by atoms with Gasteiger partial charge in [-0.2, -0.15) is 0 Å². The largest absolute Gasteiger partial charge is 0.485 e. The normalized spacial score (nSPS) is 15.2.